The normalized spacial score (nSPS) is 11.8. The van der Waals surface area contributed by atoms with Crippen LogP contribution in [0.5, 0.6) is 0 Å². The number of hydrogen-bond donors (Lipinski definition) is 0. The molecule has 3 nitrogen and oxygen atoms in total. The Bertz CT molecular complexity index is 427. The summed E-state index contributed by atoms with van der Waals surface area (Å²) in [5.41, 5.74) is 1.98. The van der Waals surface area contributed by atoms with Gasteiger partial charge in [0.2, 0.25) is 0 Å². The third kappa shape index (κ3) is 3.41. The maximum atomic E-state index is 4.32. The fourth-order valence-electron chi connectivity index (χ4n) is 1.44. The molecule has 0 N–H and O–H groups in total. The third-order valence-electron chi connectivity index (χ3n) is 2.38. The lowest BCUT2D eigenvalue weighted by Gasteiger charge is -2.22. The highest BCUT2D eigenvalue weighted by atomic mass is 15.2. The van der Waals surface area contributed by atoms with E-state index in [1.807, 2.05) is 37.1 Å². The summed E-state index contributed by atoms with van der Waals surface area (Å²) < 4.78 is 0. The van der Waals surface area contributed by atoms with Crippen molar-refractivity contribution in [1.82, 2.24) is 9.97 Å². The van der Waals surface area contributed by atoms with Crippen LogP contribution < -0.4 is 4.90 Å². The van der Waals surface area contributed by atoms with Gasteiger partial charge in [-0.3, -0.25) is 0 Å². The smallest absolute Gasteiger partial charge is 0.140 e. The molecule has 0 unspecified atom stereocenters. The first-order valence-corrected chi connectivity index (χ1v) is 5.76. The van der Waals surface area contributed by atoms with Crippen molar-refractivity contribution in [2.45, 2.75) is 40.0 Å². The molecule has 17 heavy (non-hydrogen) atoms. The second-order valence-corrected chi connectivity index (χ2v) is 5.10. The summed E-state index contributed by atoms with van der Waals surface area (Å²) in [6.07, 6.45) is 5.53. The molecule has 0 aromatic carbocycles. The second kappa shape index (κ2) is 5.13. The van der Waals surface area contributed by atoms with Crippen molar-refractivity contribution in [3.63, 3.8) is 0 Å². The molecule has 0 aliphatic heterocycles. The molecule has 0 aliphatic carbocycles. The average molecular weight is 231 g/mol. The zero-order valence-electron chi connectivity index (χ0n) is 11.4. The van der Waals surface area contributed by atoms with Crippen LogP contribution in [0.1, 0.15) is 40.3 Å². The quantitative estimate of drug-likeness (QED) is 0.795. The molecule has 0 atom stereocenters. The molecule has 1 rings (SSSR count). The molecule has 1 aromatic rings. The van der Waals surface area contributed by atoms with Crippen LogP contribution in [-0.2, 0) is 5.41 Å². The van der Waals surface area contributed by atoms with Crippen LogP contribution in [0, 0.1) is 0 Å². The maximum Gasteiger partial charge on any atom is 0.140 e. The predicted octanol–water partition coefficient (Wildman–Crippen LogP) is 3.65. The van der Waals surface area contributed by atoms with Crippen molar-refractivity contribution in [2.75, 3.05) is 4.90 Å². The van der Waals surface area contributed by atoms with Gasteiger partial charge in [0.15, 0.2) is 0 Å². The molecule has 92 valence electrons. The standard InChI is InChI=1S/C14H21N3/c1-7-8-17(11(2)3)13-9-12(14(4,5)6)15-10-16-13/h7-10H,2H2,1,3-6H3/b8-7-. The zero-order chi connectivity index (χ0) is 13.1. The lowest BCUT2D eigenvalue weighted by molar-refractivity contribution is 0.567. The summed E-state index contributed by atoms with van der Waals surface area (Å²) >= 11 is 0. The summed E-state index contributed by atoms with van der Waals surface area (Å²) in [5.74, 6) is 0.857. The van der Waals surface area contributed by atoms with Crippen LogP contribution in [0.2, 0.25) is 0 Å². The summed E-state index contributed by atoms with van der Waals surface area (Å²) in [4.78, 5) is 10.6. The van der Waals surface area contributed by atoms with Crippen molar-refractivity contribution < 1.29 is 0 Å². The van der Waals surface area contributed by atoms with E-state index in [4.69, 9.17) is 0 Å². The molecule has 0 aliphatic rings. The highest BCUT2D eigenvalue weighted by Crippen LogP contribution is 2.24. The van der Waals surface area contributed by atoms with Gasteiger partial charge in [0.05, 0.1) is 5.69 Å². The van der Waals surface area contributed by atoms with Crippen LogP contribution in [0.25, 0.3) is 0 Å². The predicted molar refractivity (Wildman–Crippen MR) is 72.8 cm³/mol. The molecule has 0 saturated heterocycles. The number of allylic oxidation sites excluding steroid dienone is 2. The van der Waals surface area contributed by atoms with Crippen LogP contribution in [0.4, 0.5) is 5.82 Å². The number of rotatable bonds is 3. The summed E-state index contributed by atoms with van der Waals surface area (Å²) in [6, 6.07) is 2.01. The van der Waals surface area contributed by atoms with Crippen molar-refractivity contribution in [3.05, 3.63) is 42.6 Å². The number of aromatic nitrogens is 2. The SMILES string of the molecule is C=C(C)N(/C=C\C)c1cc(C(C)(C)C)ncn1. The highest BCUT2D eigenvalue weighted by molar-refractivity contribution is 5.49. The van der Waals surface area contributed by atoms with E-state index in [-0.39, 0.29) is 5.41 Å². The molecule has 0 saturated carbocycles. The van der Waals surface area contributed by atoms with Crippen molar-refractivity contribution >= 4 is 5.82 Å². The number of nitrogens with zero attached hydrogens (tertiary/aromatic N) is 3. The van der Waals surface area contributed by atoms with E-state index in [0.29, 0.717) is 0 Å². The first kappa shape index (κ1) is 13.4. The van der Waals surface area contributed by atoms with Gasteiger partial charge in [0.25, 0.3) is 0 Å². The Hall–Kier alpha value is -1.64. The minimum absolute atomic E-state index is 0.0222. The summed E-state index contributed by atoms with van der Waals surface area (Å²) in [7, 11) is 0. The van der Waals surface area contributed by atoms with Gasteiger partial charge in [-0.25, -0.2) is 9.97 Å². The van der Waals surface area contributed by atoms with Crippen LogP contribution in [0.15, 0.2) is 36.9 Å². The van der Waals surface area contributed by atoms with E-state index in [2.05, 4.69) is 37.3 Å². The molecule has 0 bridgehead atoms. The monoisotopic (exact) mass is 231 g/mol. The van der Waals surface area contributed by atoms with Gasteiger partial charge in [-0.15, -0.1) is 0 Å². The Balaban J connectivity index is 3.18. The Labute approximate surface area is 104 Å². The molecule has 0 fully saturated rings. The van der Waals surface area contributed by atoms with E-state index in [1.54, 1.807) is 6.33 Å². The topological polar surface area (TPSA) is 29.0 Å². The second-order valence-electron chi connectivity index (χ2n) is 5.10. The first-order chi connectivity index (χ1) is 7.86. The van der Waals surface area contributed by atoms with E-state index in [1.165, 1.54) is 0 Å². The molecular weight excluding hydrogens is 210 g/mol. The molecule has 1 aromatic heterocycles. The zero-order valence-corrected chi connectivity index (χ0v) is 11.4. The van der Waals surface area contributed by atoms with Gasteiger partial charge >= 0.3 is 0 Å². The Kier molecular flexibility index (Phi) is 4.05. The van der Waals surface area contributed by atoms with Gasteiger partial charge in [-0.2, -0.15) is 0 Å². The Morgan fingerprint density at radius 3 is 2.47 bits per heavy atom. The van der Waals surface area contributed by atoms with Gasteiger partial charge in [0, 0.05) is 23.4 Å². The summed E-state index contributed by atoms with van der Waals surface area (Å²) in [6.45, 7) is 14.3. The van der Waals surface area contributed by atoms with Crippen LogP contribution >= 0.6 is 0 Å². The van der Waals surface area contributed by atoms with Crippen LogP contribution in [-0.4, -0.2) is 9.97 Å². The van der Waals surface area contributed by atoms with E-state index >= 15 is 0 Å². The lowest BCUT2D eigenvalue weighted by atomic mass is 9.92. The average Bonchev–Trinajstić information content (AvgIpc) is 2.24. The molecule has 0 spiro atoms. The van der Waals surface area contributed by atoms with Gasteiger partial charge in [-0.1, -0.05) is 33.4 Å². The minimum atomic E-state index is 0.0222. The third-order valence-corrected chi connectivity index (χ3v) is 2.38. The van der Waals surface area contributed by atoms with Gasteiger partial charge in [-0.05, 0) is 13.8 Å². The Morgan fingerprint density at radius 1 is 1.35 bits per heavy atom. The first-order valence-electron chi connectivity index (χ1n) is 5.76. The Morgan fingerprint density at radius 2 is 2.00 bits per heavy atom. The van der Waals surface area contributed by atoms with Crippen LogP contribution in [0.3, 0.4) is 0 Å². The highest BCUT2D eigenvalue weighted by Gasteiger charge is 2.17. The molecule has 3 heteroatoms. The fourth-order valence-corrected chi connectivity index (χ4v) is 1.44. The molecular formula is C14H21N3. The number of hydrogen-bond acceptors (Lipinski definition) is 3. The van der Waals surface area contributed by atoms with E-state index < -0.39 is 0 Å². The lowest BCUT2D eigenvalue weighted by Crippen LogP contribution is -2.18. The molecule has 0 radical (unpaired) electrons. The maximum absolute atomic E-state index is 4.32. The van der Waals surface area contributed by atoms with E-state index in [0.717, 1.165) is 17.2 Å². The fraction of sp³-hybridized carbons (Fsp3) is 0.429. The van der Waals surface area contributed by atoms with Crippen molar-refractivity contribution in [1.29, 1.82) is 0 Å². The van der Waals surface area contributed by atoms with Crippen molar-refractivity contribution in [2.24, 2.45) is 0 Å². The van der Waals surface area contributed by atoms with Gasteiger partial charge in [0.1, 0.15) is 12.1 Å². The van der Waals surface area contributed by atoms with E-state index in [9.17, 15) is 0 Å². The molecule has 1 heterocycles. The minimum Gasteiger partial charge on any atom is -0.307 e. The largest absolute Gasteiger partial charge is 0.307 e. The van der Waals surface area contributed by atoms with Gasteiger partial charge < -0.3 is 4.90 Å². The molecule has 0 amide bonds. The summed E-state index contributed by atoms with van der Waals surface area (Å²) in [5, 5.41) is 0. The number of anilines is 1. The van der Waals surface area contributed by atoms with Crippen molar-refractivity contribution in [3.8, 4) is 0 Å².